The average molecular weight is 254 g/mol. The molecule has 0 aliphatic carbocycles. The van der Waals surface area contributed by atoms with Crippen LogP contribution in [0.5, 0.6) is 0 Å². The molecular weight excluding hydrogens is 238 g/mol. The van der Waals surface area contributed by atoms with Gasteiger partial charge < -0.3 is 10.4 Å². The van der Waals surface area contributed by atoms with Crippen LogP contribution in [0.4, 0.5) is 0 Å². The lowest BCUT2D eigenvalue weighted by Crippen LogP contribution is -2.16. The molecular formula is C13H16ClNO2. The molecule has 0 radical (unpaired) electrons. The number of aromatic carboxylic acids is 1. The summed E-state index contributed by atoms with van der Waals surface area (Å²) in [5, 5.41) is 13.0. The summed E-state index contributed by atoms with van der Waals surface area (Å²) >= 11 is 5.85. The normalized spacial score (nSPS) is 21.4. The second kappa shape index (κ2) is 5.07. The van der Waals surface area contributed by atoms with Crippen molar-refractivity contribution in [3.8, 4) is 0 Å². The third-order valence-corrected chi connectivity index (χ3v) is 3.78. The van der Waals surface area contributed by atoms with Crippen LogP contribution in [0.3, 0.4) is 0 Å². The van der Waals surface area contributed by atoms with E-state index in [4.69, 9.17) is 11.6 Å². The molecule has 2 rings (SSSR count). The van der Waals surface area contributed by atoms with Gasteiger partial charge in [-0.1, -0.05) is 24.6 Å². The van der Waals surface area contributed by atoms with E-state index in [0.717, 1.165) is 25.1 Å². The van der Waals surface area contributed by atoms with Gasteiger partial charge in [-0.3, -0.25) is 0 Å². The van der Waals surface area contributed by atoms with Crippen LogP contribution in [-0.4, -0.2) is 24.2 Å². The summed E-state index contributed by atoms with van der Waals surface area (Å²) < 4.78 is 0. The standard InChI is InChI=1S/C13H16ClNO2/c1-8(9-4-5-15-7-9)11-3-2-10(14)6-12(11)13(16)17/h2-3,6,8-9,15H,4-5,7H2,1H3,(H,16,17). The van der Waals surface area contributed by atoms with E-state index < -0.39 is 5.97 Å². The van der Waals surface area contributed by atoms with Gasteiger partial charge in [0.2, 0.25) is 0 Å². The Morgan fingerprint density at radius 3 is 2.94 bits per heavy atom. The van der Waals surface area contributed by atoms with Gasteiger partial charge >= 0.3 is 5.97 Å². The largest absolute Gasteiger partial charge is 0.478 e. The molecule has 1 aliphatic heterocycles. The fourth-order valence-electron chi connectivity index (χ4n) is 2.47. The van der Waals surface area contributed by atoms with Gasteiger partial charge in [0.1, 0.15) is 0 Å². The summed E-state index contributed by atoms with van der Waals surface area (Å²) in [6, 6.07) is 5.15. The molecule has 1 saturated heterocycles. The zero-order valence-electron chi connectivity index (χ0n) is 9.74. The van der Waals surface area contributed by atoms with Crippen LogP contribution >= 0.6 is 11.6 Å². The van der Waals surface area contributed by atoms with Crippen molar-refractivity contribution >= 4 is 17.6 Å². The molecule has 2 atom stereocenters. The number of hydrogen-bond acceptors (Lipinski definition) is 2. The van der Waals surface area contributed by atoms with Crippen molar-refractivity contribution in [1.29, 1.82) is 0 Å². The van der Waals surface area contributed by atoms with E-state index in [1.165, 1.54) is 6.07 Å². The highest BCUT2D eigenvalue weighted by molar-refractivity contribution is 6.31. The first-order chi connectivity index (χ1) is 8.09. The lowest BCUT2D eigenvalue weighted by Gasteiger charge is -2.20. The zero-order chi connectivity index (χ0) is 12.4. The summed E-state index contributed by atoms with van der Waals surface area (Å²) in [4.78, 5) is 11.2. The number of hydrogen-bond donors (Lipinski definition) is 2. The molecule has 0 amide bonds. The molecule has 92 valence electrons. The minimum absolute atomic E-state index is 0.244. The van der Waals surface area contributed by atoms with Crippen LogP contribution in [0.2, 0.25) is 5.02 Å². The Morgan fingerprint density at radius 2 is 2.35 bits per heavy atom. The molecule has 3 nitrogen and oxygen atoms in total. The van der Waals surface area contributed by atoms with Gasteiger partial charge in [0.15, 0.2) is 0 Å². The summed E-state index contributed by atoms with van der Waals surface area (Å²) in [6.45, 7) is 4.07. The summed E-state index contributed by atoms with van der Waals surface area (Å²) in [7, 11) is 0. The fraction of sp³-hybridized carbons (Fsp3) is 0.462. The zero-order valence-corrected chi connectivity index (χ0v) is 10.5. The van der Waals surface area contributed by atoms with E-state index in [2.05, 4.69) is 12.2 Å². The monoisotopic (exact) mass is 253 g/mol. The van der Waals surface area contributed by atoms with Crippen molar-refractivity contribution in [2.45, 2.75) is 19.3 Å². The fourth-order valence-corrected chi connectivity index (χ4v) is 2.64. The van der Waals surface area contributed by atoms with Crippen molar-refractivity contribution < 1.29 is 9.90 Å². The second-order valence-electron chi connectivity index (χ2n) is 4.58. The van der Waals surface area contributed by atoms with Gasteiger partial charge in [-0.2, -0.15) is 0 Å². The molecule has 17 heavy (non-hydrogen) atoms. The van der Waals surface area contributed by atoms with Crippen LogP contribution in [0.1, 0.15) is 35.2 Å². The van der Waals surface area contributed by atoms with E-state index in [1.807, 2.05) is 6.07 Å². The van der Waals surface area contributed by atoms with Gasteiger partial charge in [0, 0.05) is 5.02 Å². The number of benzene rings is 1. The van der Waals surface area contributed by atoms with Crippen LogP contribution in [-0.2, 0) is 0 Å². The summed E-state index contributed by atoms with van der Waals surface area (Å²) in [6.07, 6.45) is 1.10. The van der Waals surface area contributed by atoms with Crippen molar-refractivity contribution in [1.82, 2.24) is 5.32 Å². The topological polar surface area (TPSA) is 49.3 Å². The summed E-state index contributed by atoms with van der Waals surface area (Å²) in [5.74, 6) is -0.150. The van der Waals surface area contributed by atoms with Crippen LogP contribution in [0, 0.1) is 5.92 Å². The Bertz CT molecular complexity index is 427. The number of halogens is 1. The van der Waals surface area contributed by atoms with Gasteiger partial charge in [0.25, 0.3) is 0 Å². The lowest BCUT2D eigenvalue weighted by molar-refractivity contribution is 0.0695. The Balaban J connectivity index is 2.33. The van der Waals surface area contributed by atoms with Crippen LogP contribution in [0.25, 0.3) is 0 Å². The van der Waals surface area contributed by atoms with Gasteiger partial charge in [-0.15, -0.1) is 0 Å². The Hall–Kier alpha value is -1.06. The molecule has 2 unspecified atom stereocenters. The van der Waals surface area contributed by atoms with Crippen molar-refractivity contribution in [3.05, 3.63) is 34.3 Å². The molecule has 4 heteroatoms. The molecule has 0 saturated carbocycles. The molecule has 2 N–H and O–H groups in total. The molecule has 1 aromatic carbocycles. The minimum atomic E-state index is -0.902. The molecule has 1 fully saturated rings. The second-order valence-corrected chi connectivity index (χ2v) is 5.01. The number of rotatable bonds is 3. The molecule has 0 bridgehead atoms. The molecule has 1 aliphatic rings. The maximum atomic E-state index is 11.2. The van der Waals surface area contributed by atoms with E-state index in [-0.39, 0.29) is 5.92 Å². The highest BCUT2D eigenvalue weighted by Crippen LogP contribution is 2.32. The van der Waals surface area contributed by atoms with Crippen molar-refractivity contribution in [3.63, 3.8) is 0 Å². The average Bonchev–Trinajstić information content (AvgIpc) is 2.81. The quantitative estimate of drug-likeness (QED) is 0.871. The highest BCUT2D eigenvalue weighted by Gasteiger charge is 2.25. The lowest BCUT2D eigenvalue weighted by atomic mass is 9.84. The van der Waals surface area contributed by atoms with Crippen LogP contribution < -0.4 is 5.32 Å². The first-order valence-electron chi connectivity index (χ1n) is 5.83. The summed E-state index contributed by atoms with van der Waals surface area (Å²) in [5.41, 5.74) is 1.22. The number of nitrogens with one attached hydrogen (secondary N) is 1. The number of carboxylic acids is 1. The third kappa shape index (κ3) is 2.61. The third-order valence-electron chi connectivity index (χ3n) is 3.54. The van der Waals surface area contributed by atoms with E-state index in [1.54, 1.807) is 6.07 Å². The van der Waals surface area contributed by atoms with Crippen molar-refractivity contribution in [2.75, 3.05) is 13.1 Å². The maximum absolute atomic E-state index is 11.2. The molecule has 0 aromatic heterocycles. The Labute approximate surface area is 106 Å². The van der Waals surface area contributed by atoms with E-state index in [9.17, 15) is 9.90 Å². The number of carbonyl (C=O) groups is 1. The molecule has 1 aromatic rings. The SMILES string of the molecule is CC(c1ccc(Cl)cc1C(=O)O)C1CCNC1. The maximum Gasteiger partial charge on any atom is 0.336 e. The van der Waals surface area contributed by atoms with Crippen molar-refractivity contribution in [2.24, 2.45) is 5.92 Å². The Morgan fingerprint density at radius 1 is 1.59 bits per heavy atom. The smallest absolute Gasteiger partial charge is 0.336 e. The first-order valence-corrected chi connectivity index (χ1v) is 6.21. The van der Waals surface area contributed by atoms with Gasteiger partial charge in [0.05, 0.1) is 5.56 Å². The predicted molar refractivity (Wildman–Crippen MR) is 67.8 cm³/mol. The van der Waals surface area contributed by atoms with Gasteiger partial charge in [-0.05, 0) is 49.0 Å². The van der Waals surface area contributed by atoms with E-state index >= 15 is 0 Å². The molecule has 0 spiro atoms. The first kappa shape index (κ1) is 12.4. The highest BCUT2D eigenvalue weighted by atomic mass is 35.5. The predicted octanol–water partition coefficient (Wildman–Crippen LogP) is 2.75. The molecule has 1 heterocycles. The number of carboxylic acid groups (broad SMARTS) is 1. The van der Waals surface area contributed by atoms with Gasteiger partial charge in [-0.25, -0.2) is 4.79 Å². The van der Waals surface area contributed by atoms with E-state index in [0.29, 0.717) is 16.5 Å². The minimum Gasteiger partial charge on any atom is -0.478 e. The van der Waals surface area contributed by atoms with Crippen LogP contribution in [0.15, 0.2) is 18.2 Å². The Kier molecular flexibility index (Phi) is 3.69.